The zero-order valence-corrected chi connectivity index (χ0v) is 15.2. The smallest absolute Gasteiger partial charge is 0.135 e. The number of aromatic nitrogens is 2. The molecule has 1 aromatic carbocycles. The number of furan rings is 1. The Bertz CT molecular complexity index is 756. The van der Waals surface area contributed by atoms with Gasteiger partial charge in [0.25, 0.3) is 0 Å². The van der Waals surface area contributed by atoms with E-state index in [0.29, 0.717) is 16.6 Å². The van der Waals surface area contributed by atoms with E-state index in [0.717, 1.165) is 36.6 Å². The van der Waals surface area contributed by atoms with Gasteiger partial charge in [-0.3, -0.25) is 0 Å². The van der Waals surface area contributed by atoms with Gasteiger partial charge in [0.05, 0.1) is 17.9 Å². The highest BCUT2D eigenvalue weighted by molar-refractivity contribution is 6.36. The van der Waals surface area contributed by atoms with Crippen LogP contribution in [0.15, 0.2) is 53.5 Å². The molecule has 2 aromatic heterocycles. The molecule has 4 nitrogen and oxygen atoms in total. The number of nitrogens with one attached hydrogen (secondary N) is 1. The zero-order chi connectivity index (χ0) is 16.1. The minimum absolute atomic E-state index is 0. The third-order valence-corrected chi connectivity index (χ3v) is 4.03. The van der Waals surface area contributed by atoms with Gasteiger partial charge in [0.1, 0.15) is 11.5 Å². The molecule has 0 atom stereocenters. The van der Waals surface area contributed by atoms with Crippen LogP contribution < -0.4 is 5.32 Å². The van der Waals surface area contributed by atoms with E-state index in [1.807, 2.05) is 30.7 Å². The van der Waals surface area contributed by atoms with E-state index in [1.54, 1.807) is 18.3 Å². The van der Waals surface area contributed by atoms with Gasteiger partial charge in [-0.1, -0.05) is 23.2 Å². The van der Waals surface area contributed by atoms with E-state index < -0.39 is 0 Å². The molecule has 0 bridgehead atoms. The van der Waals surface area contributed by atoms with Crippen molar-refractivity contribution < 1.29 is 4.42 Å². The maximum Gasteiger partial charge on any atom is 0.135 e. The van der Waals surface area contributed by atoms with Gasteiger partial charge < -0.3 is 14.3 Å². The van der Waals surface area contributed by atoms with Crippen LogP contribution in [-0.2, 0) is 13.1 Å². The van der Waals surface area contributed by atoms with Gasteiger partial charge in [-0.05, 0) is 43.3 Å². The molecule has 24 heavy (non-hydrogen) atoms. The Morgan fingerprint density at radius 3 is 2.79 bits per heavy atom. The van der Waals surface area contributed by atoms with Crippen LogP contribution in [0.3, 0.4) is 0 Å². The minimum Gasteiger partial charge on any atom is -0.460 e. The van der Waals surface area contributed by atoms with Crippen molar-refractivity contribution in [3.63, 3.8) is 0 Å². The number of hydrogen-bond donors (Lipinski definition) is 1. The fourth-order valence-electron chi connectivity index (χ4n) is 2.32. The first-order valence-corrected chi connectivity index (χ1v) is 8.18. The number of hydrogen-bond acceptors (Lipinski definition) is 3. The number of imidazole rings is 1. The monoisotopic (exact) mass is 385 g/mol. The second kappa shape index (κ2) is 9.14. The first-order chi connectivity index (χ1) is 11.2. The van der Waals surface area contributed by atoms with E-state index in [9.17, 15) is 0 Å². The standard InChI is InChI=1S/C17H17Cl2N3O.ClH/c18-13-2-4-15(16(19)10-13)17-5-3-14(23-17)11-20-6-1-8-22-9-7-21-12-22;/h2-5,7,9-10,12,20H,1,6,8,11H2;1H. The van der Waals surface area contributed by atoms with Gasteiger partial charge in [-0.2, -0.15) is 0 Å². The van der Waals surface area contributed by atoms with Gasteiger partial charge in [0, 0.05) is 29.5 Å². The number of rotatable bonds is 7. The van der Waals surface area contributed by atoms with Crippen LogP contribution >= 0.6 is 35.6 Å². The lowest BCUT2D eigenvalue weighted by atomic mass is 10.2. The van der Waals surface area contributed by atoms with Gasteiger partial charge in [-0.15, -0.1) is 12.4 Å². The molecule has 0 fully saturated rings. The van der Waals surface area contributed by atoms with Crippen molar-refractivity contribution in [1.29, 1.82) is 0 Å². The maximum absolute atomic E-state index is 6.20. The van der Waals surface area contributed by atoms with Gasteiger partial charge in [0.15, 0.2) is 0 Å². The Balaban J connectivity index is 0.00000208. The van der Waals surface area contributed by atoms with Crippen molar-refractivity contribution in [3.8, 4) is 11.3 Å². The summed E-state index contributed by atoms with van der Waals surface area (Å²) < 4.78 is 7.90. The van der Waals surface area contributed by atoms with Gasteiger partial charge >= 0.3 is 0 Å². The molecule has 2 heterocycles. The second-order valence-electron chi connectivity index (χ2n) is 5.22. The lowest BCUT2D eigenvalue weighted by molar-refractivity contribution is 0.484. The van der Waals surface area contributed by atoms with Crippen molar-refractivity contribution in [3.05, 3.63) is 64.9 Å². The number of nitrogens with zero attached hydrogens (tertiary/aromatic N) is 2. The molecule has 0 spiro atoms. The molecule has 7 heteroatoms. The molecule has 0 radical (unpaired) electrons. The maximum atomic E-state index is 6.20. The van der Waals surface area contributed by atoms with Crippen LogP contribution in [0.2, 0.25) is 10.0 Å². The highest BCUT2D eigenvalue weighted by atomic mass is 35.5. The summed E-state index contributed by atoms with van der Waals surface area (Å²) in [5.41, 5.74) is 0.849. The molecule has 3 rings (SSSR count). The first-order valence-electron chi connectivity index (χ1n) is 7.43. The van der Waals surface area contributed by atoms with Gasteiger partial charge in [-0.25, -0.2) is 4.98 Å². The summed E-state index contributed by atoms with van der Waals surface area (Å²) in [5, 5.41) is 4.58. The molecule has 0 unspecified atom stereocenters. The highest BCUT2D eigenvalue weighted by Gasteiger charge is 2.09. The Kier molecular flexibility index (Phi) is 7.18. The summed E-state index contributed by atoms with van der Waals surface area (Å²) in [7, 11) is 0. The quantitative estimate of drug-likeness (QED) is 0.578. The molecule has 0 amide bonds. The Morgan fingerprint density at radius 2 is 2.04 bits per heavy atom. The van der Waals surface area contributed by atoms with Crippen LogP contribution in [0.25, 0.3) is 11.3 Å². The average Bonchev–Trinajstić information content (AvgIpc) is 3.18. The first kappa shape index (κ1) is 18.9. The Labute approximate surface area is 157 Å². The van der Waals surface area contributed by atoms with E-state index in [1.165, 1.54) is 0 Å². The van der Waals surface area contributed by atoms with E-state index >= 15 is 0 Å². The van der Waals surface area contributed by atoms with Crippen LogP contribution in [0.4, 0.5) is 0 Å². The van der Waals surface area contributed by atoms with Crippen LogP contribution in [0.1, 0.15) is 12.2 Å². The van der Waals surface area contributed by atoms with Crippen LogP contribution in [0, 0.1) is 0 Å². The fraction of sp³-hybridized carbons (Fsp3) is 0.235. The van der Waals surface area contributed by atoms with Crippen molar-refractivity contribution in [2.75, 3.05) is 6.54 Å². The lowest BCUT2D eigenvalue weighted by Crippen LogP contribution is -2.15. The molecule has 128 valence electrons. The summed E-state index contributed by atoms with van der Waals surface area (Å²) in [6.07, 6.45) is 6.62. The average molecular weight is 387 g/mol. The zero-order valence-electron chi connectivity index (χ0n) is 12.9. The van der Waals surface area contributed by atoms with E-state index in [-0.39, 0.29) is 12.4 Å². The molecule has 0 aliphatic heterocycles. The van der Waals surface area contributed by atoms with Crippen molar-refractivity contribution >= 4 is 35.6 Å². The van der Waals surface area contributed by atoms with E-state index in [4.69, 9.17) is 27.6 Å². The molecule has 1 N–H and O–H groups in total. The van der Waals surface area contributed by atoms with Crippen LogP contribution in [0.5, 0.6) is 0 Å². The highest BCUT2D eigenvalue weighted by Crippen LogP contribution is 2.31. The molecule has 0 saturated carbocycles. The number of benzene rings is 1. The van der Waals surface area contributed by atoms with Crippen molar-refractivity contribution in [2.24, 2.45) is 0 Å². The molecule has 0 aliphatic carbocycles. The van der Waals surface area contributed by atoms with Gasteiger partial charge in [0.2, 0.25) is 0 Å². The minimum atomic E-state index is 0. The number of halogens is 3. The summed E-state index contributed by atoms with van der Waals surface area (Å²) >= 11 is 12.1. The molecule has 0 aliphatic rings. The second-order valence-corrected chi connectivity index (χ2v) is 6.06. The predicted molar refractivity (Wildman–Crippen MR) is 100.0 cm³/mol. The SMILES string of the molecule is Cl.Clc1ccc(-c2ccc(CNCCCn3ccnc3)o2)c(Cl)c1. The summed E-state index contributed by atoms with van der Waals surface area (Å²) in [6, 6.07) is 9.28. The third kappa shape index (κ3) is 5.02. The molecular formula is C17H18Cl3N3O. The van der Waals surface area contributed by atoms with Crippen LogP contribution in [-0.4, -0.2) is 16.1 Å². The topological polar surface area (TPSA) is 43.0 Å². The molecule has 0 saturated heterocycles. The van der Waals surface area contributed by atoms with E-state index in [2.05, 4.69) is 14.9 Å². The number of aryl methyl sites for hydroxylation is 1. The Hall–Kier alpha value is -1.46. The Morgan fingerprint density at radius 1 is 1.17 bits per heavy atom. The molecular weight excluding hydrogens is 369 g/mol. The predicted octanol–water partition coefficient (Wildman–Crippen LogP) is 5.05. The third-order valence-electron chi connectivity index (χ3n) is 3.49. The summed E-state index contributed by atoms with van der Waals surface area (Å²) in [5.74, 6) is 1.63. The largest absolute Gasteiger partial charge is 0.460 e. The summed E-state index contributed by atoms with van der Waals surface area (Å²) in [4.78, 5) is 4.02. The van der Waals surface area contributed by atoms with Crippen molar-refractivity contribution in [2.45, 2.75) is 19.5 Å². The van der Waals surface area contributed by atoms with Crippen molar-refractivity contribution in [1.82, 2.24) is 14.9 Å². The lowest BCUT2D eigenvalue weighted by Gasteiger charge is -2.04. The fourth-order valence-corrected chi connectivity index (χ4v) is 2.83. The summed E-state index contributed by atoms with van der Waals surface area (Å²) in [6.45, 7) is 2.56. The normalized spacial score (nSPS) is 10.6. The molecule has 3 aromatic rings.